The number of hydrogen-bond acceptors (Lipinski definition) is 4. The number of ether oxygens (including phenoxy) is 1. The molecule has 0 heterocycles. The smallest absolute Gasteiger partial charge is 0.259 e. The molecule has 0 spiro atoms. The molecule has 0 aromatic heterocycles. The Kier molecular flexibility index (Phi) is 5.62. The molecule has 0 saturated carbocycles. The van der Waals surface area contributed by atoms with Crippen LogP contribution in [-0.2, 0) is 4.79 Å². The van der Waals surface area contributed by atoms with Gasteiger partial charge in [-0.25, -0.2) is 14.2 Å². The van der Waals surface area contributed by atoms with Gasteiger partial charge in [0.05, 0.1) is 25.6 Å². The Labute approximate surface area is 132 Å². The highest BCUT2D eigenvalue weighted by molar-refractivity contribution is 5.84. The molecule has 0 atom stereocenters. The first-order valence-corrected chi connectivity index (χ1v) is 6.74. The summed E-state index contributed by atoms with van der Waals surface area (Å²) in [6, 6.07) is 10.5. The van der Waals surface area contributed by atoms with E-state index < -0.39 is 17.5 Å². The van der Waals surface area contributed by atoms with Crippen molar-refractivity contribution < 1.29 is 18.3 Å². The average Bonchev–Trinajstić information content (AvgIpc) is 2.56. The molecular formula is C16H15F2N3O2. The standard InChI is InChI=1S/C16H15F2N3O2/c1-23-15-5-3-2-4-14(15)19-10-16(22)21-20-9-11-6-7-12(17)13(18)8-11/h2-9,19H,10H2,1H3,(H,21,22)/b20-9+. The van der Waals surface area contributed by atoms with Crippen LogP contribution in [0, 0.1) is 11.6 Å². The van der Waals surface area contributed by atoms with Gasteiger partial charge in [0.25, 0.3) is 5.91 Å². The highest BCUT2D eigenvalue weighted by Crippen LogP contribution is 2.22. The maximum absolute atomic E-state index is 13.0. The molecule has 7 heteroatoms. The SMILES string of the molecule is COc1ccccc1NCC(=O)N/N=C/c1ccc(F)c(F)c1. The Morgan fingerprint density at radius 1 is 1.22 bits per heavy atom. The predicted molar refractivity (Wildman–Crippen MR) is 83.6 cm³/mol. The van der Waals surface area contributed by atoms with Crippen molar-refractivity contribution in [2.45, 2.75) is 0 Å². The largest absolute Gasteiger partial charge is 0.495 e. The summed E-state index contributed by atoms with van der Waals surface area (Å²) in [5, 5.41) is 6.59. The number of nitrogens with one attached hydrogen (secondary N) is 2. The van der Waals surface area contributed by atoms with Crippen molar-refractivity contribution in [3.63, 3.8) is 0 Å². The van der Waals surface area contributed by atoms with E-state index >= 15 is 0 Å². The quantitative estimate of drug-likeness (QED) is 0.635. The second-order valence-corrected chi connectivity index (χ2v) is 4.52. The minimum Gasteiger partial charge on any atom is -0.495 e. The van der Waals surface area contributed by atoms with Crippen molar-refractivity contribution in [2.24, 2.45) is 5.10 Å². The Balaban J connectivity index is 1.85. The molecular weight excluding hydrogens is 304 g/mol. The molecule has 0 bridgehead atoms. The highest BCUT2D eigenvalue weighted by Gasteiger charge is 2.04. The number of halogens is 2. The van der Waals surface area contributed by atoms with Gasteiger partial charge in [-0.1, -0.05) is 18.2 Å². The van der Waals surface area contributed by atoms with Crippen molar-refractivity contribution in [3.8, 4) is 5.75 Å². The number of carbonyl (C=O) groups excluding carboxylic acids is 1. The molecule has 2 rings (SSSR count). The number of para-hydroxylation sites is 2. The molecule has 0 fully saturated rings. The van der Waals surface area contributed by atoms with Crippen LogP contribution in [0.5, 0.6) is 5.75 Å². The Morgan fingerprint density at radius 2 is 2.00 bits per heavy atom. The van der Waals surface area contributed by atoms with Crippen molar-refractivity contribution in [3.05, 3.63) is 59.7 Å². The number of amides is 1. The summed E-state index contributed by atoms with van der Waals surface area (Å²) in [6.45, 7) is -0.0184. The van der Waals surface area contributed by atoms with Crippen LogP contribution in [0.4, 0.5) is 14.5 Å². The van der Waals surface area contributed by atoms with E-state index in [1.165, 1.54) is 19.4 Å². The number of hydrazone groups is 1. The fourth-order valence-corrected chi connectivity index (χ4v) is 1.78. The number of rotatable bonds is 6. The molecule has 23 heavy (non-hydrogen) atoms. The normalized spacial score (nSPS) is 10.6. The zero-order valence-electron chi connectivity index (χ0n) is 12.3. The van der Waals surface area contributed by atoms with E-state index in [1.54, 1.807) is 12.1 Å². The lowest BCUT2D eigenvalue weighted by molar-refractivity contribution is -0.119. The van der Waals surface area contributed by atoms with Gasteiger partial charge >= 0.3 is 0 Å². The molecule has 0 aliphatic rings. The van der Waals surface area contributed by atoms with Crippen LogP contribution >= 0.6 is 0 Å². The van der Waals surface area contributed by atoms with Crippen LogP contribution in [0.1, 0.15) is 5.56 Å². The second-order valence-electron chi connectivity index (χ2n) is 4.52. The summed E-state index contributed by atoms with van der Waals surface area (Å²) in [7, 11) is 1.53. The van der Waals surface area contributed by atoms with E-state index in [9.17, 15) is 13.6 Å². The number of anilines is 1. The monoisotopic (exact) mass is 319 g/mol. The van der Waals surface area contributed by atoms with Crippen LogP contribution in [0.3, 0.4) is 0 Å². The summed E-state index contributed by atoms with van der Waals surface area (Å²) in [5.41, 5.74) is 3.29. The molecule has 1 amide bonds. The van der Waals surface area contributed by atoms with E-state index in [0.717, 1.165) is 12.1 Å². The van der Waals surface area contributed by atoms with Crippen molar-refractivity contribution in [1.29, 1.82) is 0 Å². The lowest BCUT2D eigenvalue weighted by atomic mass is 10.2. The van der Waals surface area contributed by atoms with Crippen LogP contribution in [-0.4, -0.2) is 25.8 Å². The Hall–Kier alpha value is -2.96. The summed E-state index contributed by atoms with van der Waals surface area (Å²) in [5.74, 6) is -1.69. The van der Waals surface area contributed by atoms with Gasteiger partial charge < -0.3 is 10.1 Å². The van der Waals surface area contributed by atoms with E-state index in [1.807, 2.05) is 12.1 Å². The number of hydrogen-bond donors (Lipinski definition) is 2. The first-order valence-electron chi connectivity index (χ1n) is 6.74. The van der Waals surface area contributed by atoms with Gasteiger partial charge in [-0.3, -0.25) is 4.79 Å². The number of methoxy groups -OCH3 is 1. The lowest BCUT2D eigenvalue weighted by Gasteiger charge is -2.09. The molecule has 5 nitrogen and oxygen atoms in total. The number of nitrogens with zero attached hydrogens (tertiary/aromatic N) is 1. The van der Waals surface area contributed by atoms with Crippen LogP contribution in [0.25, 0.3) is 0 Å². The molecule has 0 aliphatic carbocycles. The summed E-state index contributed by atoms with van der Waals surface area (Å²) in [6.07, 6.45) is 1.23. The fraction of sp³-hybridized carbons (Fsp3) is 0.125. The first-order chi connectivity index (χ1) is 11.1. The summed E-state index contributed by atoms with van der Waals surface area (Å²) >= 11 is 0. The van der Waals surface area contributed by atoms with Crippen molar-refractivity contribution in [2.75, 3.05) is 19.0 Å². The molecule has 0 radical (unpaired) electrons. The zero-order chi connectivity index (χ0) is 16.7. The van der Waals surface area contributed by atoms with Gasteiger partial charge in [-0.2, -0.15) is 5.10 Å². The third kappa shape index (κ3) is 4.77. The van der Waals surface area contributed by atoms with Crippen LogP contribution in [0.15, 0.2) is 47.6 Å². The van der Waals surface area contributed by atoms with Crippen molar-refractivity contribution >= 4 is 17.8 Å². The van der Waals surface area contributed by atoms with Gasteiger partial charge in [0.1, 0.15) is 5.75 Å². The van der Waals surface area contributed by atoms with Gasteiger partial charge in [0.2, 0.25) is 0 Å². The molecule has 2 aromatic carbocycles. The topological polar surface area (TPSA) is 62.7 Å². The molecule has 0 aliphatic heterocycles. The van der Waals surface area contributed by atoms with E-state index in [4.69, 9.17) is 4.74 Å². The third-order valence-corrected chi connectivity index (χ3v) is 2.89. The lowest BCUT2D eigenvalue weighted by Crippen LogP contribution is -2.26. The Morgan fingerprint density at radius 3 is 2.74 bits per heavy atom. The van der Waals surface area contributed by atoms with Gasteiger partial charge in [-0.15, -0.1) is 0 Å². The van der Waals surface area contributed by atoms with E-state index in [-0.39, 0.29) is 6.54 Å². The minimum absolute atomic E-state index is 0.0184. The van der Waals surface area contributed by atoms with E-state index in [0.29, 0.717) is 17.0 Å². The van der Waals surface area contributed by atoms with Crippen LogP contribution < -0.4 is 15.5 Å². The molecule has 0 unspecified atom stereocenters. The highest BCUT2D eigenvalue weighted by atomic mass is 19.2. The van der Waals surface area contributed by atoms with Crippen LogP contribution in [0.2, 0.25) is 0 Å². The predicted octanol–water partition coefficient (Wildman–Crippen LogP) is 2.54. The molecule has 2 aromatic rings. The maximum atomic E-state index is 13.0. The van der Waals surface area contributed by atoms with Crippen molar-refractivity contribution in [1.82, 2.24) is 5.43 Å². The van der Waals surface area contributed by atoms with Gasteiger partial charge in [0, 0.05) is 0 Å². The summed E-state index contributed by atoms with van der Waals surface area (Å²) in [4.78, 5) is 11.7. The Bertz CT molecular complexity index is 720. The number of carbonyl (C=O) groups is 1. The average molecular weight is 319 g/mol. The molecule has 120 valence electrons. The maximum Gasteiger partial charge on any atom is 0.259 e. The molecule has 2 N–H and O–H groups in total. The third-order valence-electron chi connectivity index (χ3n) is 2.89. The van der Waals surface area contributed by atoms with Gasteiger partial charge in [0.15, 0.2) is 11.6 Å². The molecule has 0 saturated heterocycles. The first kappa shape index (κ1) is 16.4. The fourth-order valence-electron chi connectivity index (χ4n) is 1.78. The number of benzene rings is 2. The minimum atomic E-state index is -0.974. The second kappa shape index (κ2) is 7.88. The van der Waals surface area contributed by atoms with Gasteiger partial charge in [-0.05, 0) is 29.8 Å². The zero-order valence-corrected chi connectivity index (χ0v) is 12.3. The van der Waals surface area contributed by atoms with E-state index in [2.05, 4.69) is 15.8 Å². The summed E-state index contributed by atoms with van der Waals surface area (Å²) < 4.78 is 30.9.